The van der Waals surface area contributed by atoms with E-state index in [1.807, 2.05) is 48.2 Å². The van der Waals surface area contributed by atoms with Gasteiger partial charge in [-0.3, -0.25) is 19.6 Å². The van der Waals surface area contributed by atoms with E-state index in [0.29, 0.717) is 26.1 Å². The lowest BCUT2D eigenvalue weighted by atomic mass is 9.74. The predicted molar refractivity (Wildman–Crippen MR) is 128 cm³/mol. The van der Waals surface area contributed by atoms with E-state index in [4.69, 9.17) is 0 Å². The average Bonchev–Trinajstić information content (AvgIpc) is 2.85. The number of carbonyl (C=O) groups is 2. The Labute approximate surface area is 195 Å². The molecule has 3 heterocycles. The van der Waals surface area contributed by atoms with Crippen LogP contribution in [0.5, 0.6) is 0 Å². The van der Waals surface area contributed by atoms with Crippen molar-refractivity contribution in [2.75, 3.05) is 19.6 Å². The number of hydrogen-bond donors (Lipinski definition) is 1. The Morgan fingerprint density at radius 1 is 1.03 bits per heavy atom. The van der Waals surface area contributed by atoms with Crippen molar-refractivity contribution in [1.29, 1.82) is 0 Å². The first-order chi connectivity index (χ1) is 16.1. The highest BCUT2D eigenvalue weighted by atomic mass is 16.2. The number of amides is 2. The van der Waals surface area contributed by atoms with Gasteiger partial charge in [-0.2, -0.15) is 0 Å². The molecule has 170 valence electrons. The van der Waals surface area contributed by atoms with E-state index < -0.39 is 5.41 Å². The fourth-order valence-electron chi connectivity index (χ4n) is 4.67. The van der Waals surface area contributed by atoms with Crippen molar-refractivity contribution in [3.63, 3.8) is 0 Å². The number of nitrogens with one attached hydrogen (secondary N) is 1. The standard InChI is InChI=1S/C27H30N4O2/c1-2-29-26(33)27(19-21-7-5-8-23(17-21)22-10-14-28-15-11-22)12-6-16-31(20-27)25(32)18-24-9-3-4-13-30-24/h3-5,7-11,13-15,17H,2,6,12,16,18-20H2,1H3,(H,29,33). The maximum absolute atomic E-state index is 13.3. The van der Waals surface area contributed by atoms with Gasteiger partial charge in [-0.05, 0) is 67.1 Å². The Balaban J connectivity index is 1.57. The van der Waals surface area contributed by atoms with Crippen molar-refractivity contribution in [3.8, 4) is 11.1 Å². The van der Waals surface area contributed by atoms with Crippen LogP contribution in [0, 0.1) is 5.41 Å². The number of benzene rings is 1. The third kappa shape index (κ3) is 5.45. The molecule has 0 spiro atoms. The van der Waals surface area contributed by atoms with Crippen molar-refractivity contribution in [3.05, 3.63) is 84.4 Å². The van der Waals surface area contributed by atoms with Gasteiger partial charge in [0.15, 0.2) is 0 Å². The minimum Gasteiger partial charge on any atom is -0.356 e. The minimum atomic E-state index is -0.648. The molecule has 1 saturated heterocycles. The van der Waals surface area contributed by atoms with Crippen LogP contribution in [0.4, 0.5) is 0 Å². The van der Waals surface area contributed by atoms with Crippen LogP contribution in [0.25, 0.3) is 11.1 Å². The van der Waals surface area contributed by atoms with Crippen LogP contribution < -0.4 is 5.32 Å². The van der Waals surface area contributed by atoms with Crippen LogP contribution in [-0.2, 0) is 22.4 Å². The Morgan fingerprint density at radius 2 is 1.88 bits per heavy atom. The van der Waals surface area contributed by atoms with Gasteiger partial charge < -0.3 is 10.2 Å². The molecular weight excluding hydrogens is 412 g/mol. The second-order valence-corrected chi connectivity index (χ2v) is 8.67. The summed E-state index contributed by atoms with van der Waals surface area (Å²) < 4.78 is 0. The molecule has 33 heavy (non-hydrogen) atoms. The van der Waals surface area contributed by atoms with E-state index in [9.17, 15) is 9.59 Å². The molecule has 1 atom stereocenters. The first-order valence-electron chi connectivity index (χ1n) is 11.5. The number of carbonyl (C=O) groups excluding carboxylic acids is 2. The molecule has 6 heteroatoms. The Kier molecular flexibility index (Phi) is 7.13. The van der Waals surface area contributed by atoms with Gasteiger partial charge in [-0.25, -0.2) is 0 Å². The largest absolute Gasteiger partial charge is 0.356 e. The van der Waals surface area contributed by atoms with Crippen LogP contribution in [0.2, 0.25) is 0 Å². The van der Waals surface area contributed by atoms with E-state index in [1.54, 1.807) is 18.6 Å². The fraction of sp³-hybridized carbons (Fsp3) is 0.333. The summed E-state index contributed by atoms with van der Waals surface area (Å²) in [5.41, 5.74) is 3.39. The molecule has 1 aromatic carbocycles. The van der Waals surface area contributed by atoms with Crippen LogP contribution in [-0.4, -0.2) is 46.3 Å². The molecule has 4 rings (SSSR count). The molecule has 0 aliphatic carbocycles. The summed E-state index contributed by atoms with van der Waals surface area (Å²) in [4.78, 5) is 36.7. The van der Waals surface area contributed by atoms with Crippen LogP contribution >= 0.6 is 0 Å². The first kappa shape index (κ1) is 22.6. The van der Waals surface area contributed by atoms with Gasteiger partial charge in [-0.15, -0.1) is 0 Å². The van der Waals surface area contributed by atoms with Gasteiger partial charge >= 0.3 is 0 Å². The zero-order valence-electron chi connectivity index (χ0n) is 19.0. The SMILES string of the molecule is CCNC(=O)C1(Cc2cccc(-c3ccncc3)c2)CCCN(C(=O)Cc2ccccn2)C1. The van der Waals surface area contributed by atoms with Crippen LogP contribution in [0.15, 0.2) is 73.2 Å². The summed E-state index contributed by atoms with van der Waals surface area (Å²) in [6, 6.07) is 17.9. The Morgan fingerprint density at radius 3 is 2.64 bits per heavy atom. The van der Waals surface area contributed by atoms with Gasteiger partial charge in [-0.1, -0.05) is 30.3 Å². The number of nitrogens with zero attached hydrogens (tertiary/aromatic N) is 3. The molecule has 0 saturated carbocycles. The van der Waals surface area contributed by atoms with Gasteiger partial charge in [0, 0.05) is 43.9 Å². The van der Waals surface area contributed by atoms with Crippen LogP contribution in [0.3, 0.4) is 0 Å². The van der Waals surface area contributed by atoms with Crippen molar-refractivity contribution in [2.24, 2.45) is 5.41 Å². The zero-order chi connectivity index (χ0) is 23.1. The number of pyridine rings is 2. The third-order valence-electron chi connectivity index (χ3n) is 6.29. The monoisotopic (exact) mass is 442 g/mol. The highest BCUT2D eigenvalue weighted by Gasteiger charge is 2.43. The lowest BCUT2D eigenvalue weighted by Gasteiger charge is -2.42. The van der Waals surface area contributed by atoms with E-state index in [-0.39, 0.29) is 18.2 Å². The van der Waals surface area contributed by atoms with E-state index in [1.165, 1.54) is 0 Å². The van der Waals surface area contributed by atoms with Crippen LogP contribution in [0.1, 0.15) is 31.0 Å². The summed E-state index contributed by atoms with van der Waals surface area (Å²) in [5.74, 6) is 0.0438. The molecule has 1 unspecified atom stereocenters. The Bertz CT molecular complexity index is 1090. The maximum Gasteiger partial charge on any atom is 0.228 e. The average molecular weight is 443 g/mol. The molecule has 0 bridgehead atoms. The summed E-state index contributed by atoms with van der Waals surface area (Å²) >= 11 is 0. The fourth-order valence-corrected chi connectivity index (χ4v) is 4.67. The topological polar surface area (TPSA) is 75.2 Å². The van der Waals surface area contributed by atoms with Gasteiger partial charge in [0.1, 0.15) is 0 Å². The lowest BCUT2D eigenvalue weighted by molar-refractivity contribution is -0.141. The van der Waals surface area contributed by atoms with Crippen molar-refractivity contribution in [1.82, 2.24) is 20.2 Å². The highest BCUT2D eigenvalue weighted by molar-refractivity contribution is 5.85. The molecule has 6 nitrogen and oxygen atoms in total. The van der Waals surface area contributed by atoms with Crippen molar-refractivity contribution in [2.45, 2.75) is 32.6 Å². The summed E-state index contributed by atoms with van der Waals surface area (Å²) in [5, 5.41) is 3.03. The summed E-state index contributed by atoms with van der Waals surface area (Å²) in [6.45, 7) is 3.59. The summed E-state index contributed by atoms with van der Waals surface area (Å²) in [7, 11) is 0. The van der Waals surface area contributed by atoms with E-state index >= 15 is 0 Å². The molecule has 3 aromatic rings. The van der Waals surface area contributed by atoms with E-state index in [2.05, 4.69) is 33.5 Å². The second kappa shape index (κ2) is 10.4. The second-order valence-electron chi connectivity index (χ2n) is 8.67. The quantitative estimate of drug-likeness (QED) is 0.606. The lowest BCUT2D eigenvalue weighted by Crippen LogP contribution is -2.54. The number of aromatic nitrogens is 2. The molecule has 1 aliphatic rings. The number of likely N-dealkylation sites (tertiary alicyclic amines) is 1. The van der Waals surface area contributed by atoms with Gasteiger partial charge in [0.05, 0.1) is 11.8 Å². The zero-order valence-corrected chi connectivity index (χ0v) is 19.0. The molecule has 2 aromatic heterocycles. The van der Waals surface area contributed by atoms with Gasteiger partial charge in [0.2, 0.25) is 11.8 Å². The summed E-state index contributed by atoms with van der Waals surface area (Å²) in [6.07, 6.45) is 7.66. The minimum absolute atomic E-state index is 0.0209. The molecular formula is C27H30N4O2. The predicted octanol–water partition coefficient (Wildman–Crippen LogP) is 3.67. The number of rotatable bonds is 7. The molecule has 0 radical (unpaired) electrons. The van der Waals surface area contributed by atoms with Crippen molar-refractivity contribution < 1.29 is 9.59 Å². The molecule has 1 aliphatic heterocycles. The van der Waals surface area contributed by atoms with E-state index in [0.717, 1.165) is 35.2 Å². The number of hydrogen-bond acceptors (Lipinski definition) is 4. The maximum atomic E-state index is 13.3. The van der Waals surface area contributed by atoms with Crippen molar-refractivity contribution >= 4 is 11.8 Å². The highest BCUT2D eigenvalue weighted by Crippen LogP contribution is 2.35. The molecule has 2 amide bonds. The smallest absolute Gasteiger partial charge is 0.228 e. The normalized spacial score (nSPS) is 18.0. The Hall–Kier alpha value is -3.54. The first-order valence-corrected chi connectivity index (χ1v) is 11.5. The molecule has 1 fully saturated rings. The third-order valence-corrected chi connectivity index (χ3v) is 6.29. The number of piperidine rings is 1. The van der Waals surface area contributed by atoms with Gasteiger partial charge in [0.25, 0.3) is 0 Å². The molecule has 1 N–H and O–H groups in total.